The number of rotatable bonds is 5. The Morgan fingerprint density at radius 1 is 1.03 bits per heavy atom. The molecule has 2 aromatic carbocycles. The zero-order valence-corrected chi connectivity index (χ0v) is 18.5. The summed E-state index contributed by atoms with van der Waals surface area (Å²) in [5.41, 5.74) is 3.02. The van der Waals surface area contributed by atoms with Crippen LogP contribution in [0, 0.1) is 18.7 Å². The summed E-state index contributed by atoms with van der Waals surface area (Å²) in [4.78, 5) is 42.4. The van der Waals surface area contributed by atoms with Crippen LogP contribution >= 0.6 is 0 Å². The normalized spacial score (nSPS) is 18.9. The van der Waals surface area contributed by atoms with Gasteiger partial charge < -0.3 is 14.7 Å². The Labute approximate surface area is 187 Å². The molecule has 0 N–H and O–H groups in total. The molecule has 168 valence electrons. The highest BCUT2D eigenvalue weighted by Crippen LogP contribution is 2.25. The number of nitrogens with zero attached hydrogens (tertiary/aromatic N) is 3. The third kappa shape index (κ3) is 4.66. The molecule has 0 bridgehead atoms. The summed E-state index contributed by atoms with van der Waals surface area (Å²) in [5.74, 6) is -0.919. The van der Waals surface area contributed by atoms with Gasteiger partial charge in [-0.3, -0.25) is 14.4 Å². The monoisotopic (exact) mass is 437 g/mol. The van der Waals surface area contributed by atoms with Crippen molar-refractivity contribution in [1.29, 1.82) is 0 Å². The third-order valence-electron chi connectivity index (χ3n) is 6.34. The van der Waals surface area contributed by atoms with Crippen LogP contribution in [0.15, 0.2) is 42.5 Å². The number of amides is 2. The Kier molecular flexibility index (Phi) is 6.26. The van der Waals surface area contributed by atoms with E-state index in [2.05, 4.69) is 0 Å². The van der Waals surface area contributed by atoms with Gasteiger partial charge in [-0.2, -0.15) is 0 Å². The molecule has 1 atom stereocenters. The number of likely N-dealkylation sites (tertiary alicyclic amines) is 1. The van der Waals surface area contributed by atoms with Gasteiger partial charge in [0.2, 0.25) is 11.8 Å². The summed E-state index contributed by atoms with van der Waals surface area (Å²) in [6.45, 7) is 6.37. The number of carbonyl (C=O) groups is 3. The fraction of sp³-hybridized carbons (Fsp3) is 0.400. The first-order valence-corrected chi connectivity index (χ1v) is 11.0. The number of Topliss-reactive ketones (excluding diaryl/α,β-unsaturated/α-hetero) is 1. The Balaban J connectivity index is 1.33. The maximum absolute atomic E-state index is 14.5. The highest BCUT2D eigenvalue weighted by molar-refractivity contribution is 5.94. The smallest absolute Gasteiger partial charge is 0.228 e. The molecule has 2 amide bonds. The topological polar surface area (TPSA) is 60.9 Å². The lowest BCUT2D eigenvalue weighted by Crippen LogP contribution is -2.51. The van der Waals surface area contributed by atoms with E-state index in [9.17, 15) is 18.8 Å². The van der Waals surface area contributed by atoms with E-state index in [4.69, 9.17) is 0 Å². The molecule has 2 fully saturated rings. The van der Waals surface area contributed by atoms with Crippen LogP contribution in [-0.2, 0) is 16.1 Å². The zero-order valence-electron chi connectivity index (χ0n) is 18.5. The number of carbonyl (C=O) groups excluding carboxylic acids is 3. The van der Waals surface area contributed by atoms with Gasteiger partial charge in [0.1, 0.15) is 5.82 Å². The van der Waals surface area contributed by atoms with E-state index in [1.807, 2.05) is 36.1 Å². The number of hydrogen-bond acceptors (Lipinski definition) is 4. The molecular weight excluding hydrogens is 409 g/mol. The lowest BCUT2D eigenvalue weighted by atomic mass is 10.1. The van der Waals surface area contributed by atoms with Crippen molar-refractivity contribution < 1.29 is 18.8 Å². The van der Waals surface area contributed by atoms with Crippen molar-refractivity contribution >= 4 is 23.3 Å². The molecule has 2 saturated heterocycles. The van der Waals surface area contributed by atoms with Gasteiger partial charge in [0.15, 0.2) is 5.78 Å². The first-order valence-electron chi connectivity index (χ1n) is 11.0. The van der Waals surface area contributed by atoms with Crippen LogP contribution in [0.5, 0.6) is 0 Å². The second-order valence-electron chi connectivity index (χ2n) is 8.70. The van der Waals surface area contributed by atoms with Crippen LogP contribution in [0.2, 0.25) is 0 Å². The lowest BCUT2D eigenvalue weighted by Gasteiger charge is -2.37. The molecule has 2 aromatic rings. The molecule has 2 aliphatic heterocycles. The minimum atomic E-state index is -0.425. The van der Waals surface area contributed by atoms with Gasteiger partial charge in [0.25, 0.3) is 0 Å². The highest BCUT2D eigenvalue weighted by Gasteiger charge is 2.37. The van der Waals surface area contributed by atoms with Gasteiger partial charge in [-0.15, -0.1) is 0 Å². The molecule has 0 spiro atoms. The first-order chi connectivity index (χ1) is 15.3. The second-order valence-corrected chi connectivity index (χ2v) is 8.70. The van der Waals surface area contributed by atoms with E-state index in [0.29, 0.717) is 50.5 Å². The Hall–Kier alpha value is -3.22. The quantitative estimate of drug-likeness (QED) is 0.675. The average molecular weight is 438 g/mol. The maximum atomic E-state index is 14.5. The number of benzene rings is 2. The van der Waals surface area contributed by atoms with Crippen LogP contribution in [0.4, 0.5) is 10.1 Å². The second kappa shape index (κ2) is 9.10. The van der Waals surface area contributed by atoms with Crippen LogP contribution in [0.3, 0.4) is 0 Å². The minimum absolute atomic E-state index is 0.00296. The van der Waals surface area contributed by atoms with Gasteiger partial charge in [0, 0.05) is 51.3 Å². The molecule has 6 nitrogen and oxygen atoms in total. The Morgan fingerprint density at radius 2 is 1.72 bits per heavy atom. The van der Waals surface area contributed by atoms with E-state index in [1.54, 1.807) is 21.9 Å². The number of ketones is 1. The fourth-order valence-electron chi connectivity index (χ4n) is 4.41. The summed E-state index contributed by atoms with van der Waals surface area (Å²) in [7, 11) is 0. The van der Waals surface area contributed by atoms with Crippen molar-refractivity contribution in [3.8, 4) is 0 Å². The van der Waals surface area contributed by atoms with Crippen LogP contribution in [0.25, 0.3) is 0 Å². The average Bonchev–Trinajstić information content (AvgIpc) is 3.15. The Morgan fingerprint density at radius 3 is 2.34 bits per heavy atom. The standard InChI is InChI=1S/C25H28FN3O3/c1-17-3-5-19(6-4-17)15-29-16-21(14-24(29)31)25(32)28-11-9-27(10-12-28)23-8-7-20(18(2)30)13-22(23)26/h3-8,13,21H,9-12,14-16H2,1-2H3. The predicted molar refractivity (Wildman–Crippen MR) is 120 cm³/mol. The van der Waals surface area contributed by atoms with E-state index in [0.717, 1.165) is 5.56 Å². The molecule has 4 rings (SSSR count). The van der Waals surface area contributed by atoms with Crippen molar-refractivity contribution in [2.45, 2.75) is 26.8 Å². The SMILES string of the molecule is CC(=O)c1ccc(N2CCN(C(=O)C3CC(=O)N(Cc4ccc(C)cc4)C3)CC2)c(F)c1. The van der Waals surface area contributed by atoms with Gasteiger partial charge in [-0.1, -0.05) is 29.8 Å². The highest BCUT2D eigenvalue weighted by atomic mass is 19.1. The summed E-state index contributed by atoms with van der Waals surface area (Å²) < 4.78 is 14.5. The number of halogens is 1. The van der Waals surface area contributed by atoms with Gasteiger partial charge in [-0.25, -0.2) is 4.39 Å². The van der Waals surface area contributed by atoms with E-state index >= 15 is 0 Å². The fourth-order valence-corrected chi connectivity index (χ4v) is 4.41. The summed E-state index contributed by atoms with van der Waals surface area (Å²) in [6.07, 6.45) is 0.242. The van der Waals surface area contributed by atoms with Crippen molar-refractivity contribution in [3.63, 3.8) is 0 Å². The van der Waals surface area contributed by atoms with Crippen LogP contribution < -0.4 is 4.90 Å². The van der Waals surface area contributed by atoms with Crippen molar-refractivity contribution in [2.24, 2.45) is 5.92 Å². The first kappa shape index (κ1) is 22.0. The summed E-state index contributed by atoms with van der Waals surface area (Å²) >= 11 is 0. The summed E-state index contributed by atoms with van der Waals surface area (Å²) in [5, 5.41) is 0. The maximum Gasteiger partial charge on any atom is 0.228 e. The van der Waals surface area contributed by atoms with Crippen molar-refractivity contribution in [1.82, 2.24) is 9.80 Å². The predicted octanol–water partition coefficient (Wildman–Crippen LogP) is 3.03. The molecule has 2 aliphatic rings. The van der Waals surface area contributed by atoms with Gasteiger partial charge in [0.05, 0.1) is 11.6 Å². The molecule has 0 aliphatic carbocycles. The lowest BCUT2D eigenvalue weighted by molar-refractivity contribution is -0.136. The van der Waals surface area contributed by atoms with Gasteiger partial charge >= 0.3 is 0 Å². The molecule has 0 aromatic heterocycles. The number of anilines is 1. The van der Waals surface area contributed by atoms with Crippen LogP contribution in [-0.4, -0.2) is 60.1 Å². The minimum Gasteiger partial charge on any atom is -0.366 e. The van der Waals surface area contributed by atoms with E-state index in [1.165, 1.54) is 18.6 Å². The van der Waals surface area contributed by atoms with Crippen LogP contribution in [0.1, 0.15) is 34.8 Å². The molecule has 32 heavy (non-hydrogen) atoms. The Bertz CT molecular complexity index is 1030. The third-order valence-corrected chi connectivity index (χ3v) is 6.34. The summed E-state index contributed by atoms with van der Waals surface area (Å²) in [6, 6.07) is 12.6. The zero-order chi connectivity index (χ0) is 22.8. The van der Waals surface area contributed by atoms with Crippen molar-refractivity contribution in [2.75, 3.05) is 37.6 Å². The molecule has 0 radical (unpaired) electrons. The molecule has 7 heteroatoms. The molecule has 0 saturated carbocycles. The molecule has 2 heterocycles. The number of aryl methyl sites for hydroxylation is 1. The largest absolute Gasteiger partial charge is 0.366 e. The van der Waals surface area contributed by atoms with Crippen molar-refractivity contribution in [3.05, 3.63) is 65.0 Å². The van der Waals surface area contributed by atoms with Gasteiger partial charge in [-0.05, 0) is 37.6 Å². The number of piperazine rings is 1. The van der Waals surface area contributed by atoms with E-state index < -0.39 is 5.82 Å². The molecule has 1 unspecified atom stereocenters. The van der Waals surface area contributed by atoms with E-state index in [-0.39, 0.29) is 29.9 Å². The number of hydrogen-bond donors (Lipinski definition) is 0. The molecular formula is C25H28FN3O3.